The molecule has 0 spiro atoms. The largest absolute Gasteiger partial charge is 0.371 e. The van der Waals surface area contributed by atoms with Gasteiger partial charge >= 0.3 is 0 Å². The van der Waals surface area contributed by atoms with Crippen LogP contribution in [0.25, 0.3) is 0 Å². The van der Waals surface area contributed by atoms with Crippen molar-refractivity contribution < 1.29 is 0 Å². The van der Waals surface area contributed by atoms with E-state index in [9.17, 15) is 0 Å². The van der Waals surface area contributed by atoms with Crippen molar-refractivity contribution in [3.05, 3.63) is 28.8 Å². The Balaban J connectivity index is 3.02. The molecule has 0 saturated heterocycles. The summed E-state index contributed by atoms with van der Waals surface area (Å²) in [6.45, 7) is 4.35. The highest BCUT2D eigenvalue weighted by atomic mass is 35.5. The first-order valence-electron chi connectivity index (χ1n) is 6.76. The Morgan fingerprint density at radius 3 is 2.68 bits per heavy atom. The van der Waals surface area contributed by atoms with Gasteiger partial charge in [0.05, 0.1) is 0 Å². The summed E-state index contributed by atoms with van der Waals surface area (Å²) in [4.78, 5) is 2.31. The van der Waals surface area contributed by atoms with E-state index in [1.165, 1.54) is 11.3 Å². The van der Waals surface area contributed by atoms with Crippen LogP contribution < -0.4 is 10.6 Å². The fourth-order valence-electron chi connectivity index (χ4n) is 2.08. The highest BCUT2D eigenvalue weighted by Crippen LogP contribution is 2.29. The molecule has 4 heteroatoms. The topological polar surface area (TPSA) is 29.3 Å². The van der Waals surface area contributed by atoms with Crippen LogP contribution in [-0.4, -0.2) is 31.1 Å². The number of nitrogens with two attached hydrogens (primary N) is 1. The van der Waals surface area contributed by atoms with Crippen molar-refractivity contribution in [2.75, 3.05) is 24.0 Å². The molecular weight excluding hydrogens is 276 g/mol. The van der Waals surface area contributed by atoms with Gasteiger partial charge in [-0.05, 0) is 43.7 Å². The Kier molecular flexibility index (Phi) is 7.05. The molecule has 0 aliphatic carbocycles. The van der Waals surface area contributed by atoms with Crippen molar-refractivity contribution in [1.29, 1.82) is 0 Å². The van der Waals surface area contributed by atoms with Crippen LogP contribution in [0.3, 0.4) is 0 Å². The van der Waals surface area contributed by atoms with Gasteiger partial charge in [0.15, 0.2) is 0 Å². The predicted molar refractivity (Wildman–Crippen MR) is 89.7 cm³/mol. The second-order valence-corrected chi connectivity index (χ2v) is 6.34. The molecule has 2 nitrogen and oxygen atoms in total. The second-order valence-electron chi connectivity index (χ2n) is 5.03. The molecule has 0 bridgehead atoms. The van der Waals surface area contributed by atoms with E-state index in [1.54, 1.807) is 0 Å². The summed E-state index contributed by atoms with van der Waals surface area (Å²) < 4.78 is 0. The normalized spacial score (nSPS) is 14.2. The SMILES string of the molecule is CCC(N)Cc1c(Cl)cccc1N(C)C(C)CSC. The van der Waals surface area contributed by atoms with Crippen LogP contribution in [0.15, 0.2) is 18.2 Å². The summed E-state index contributed by atoms with van der Waals surface area (Å²) in [5.41, 5.74) is 8.48. The maximum atomic E-state index is 6.37. The van der Waals surface area contributed by atoms with Gasteiger partial charge in [-0.1, -0.05) is 24.6 Å². The van der Waals surface area contributed by atoms with E-state index >= 15 is 0 Å². The van der Waals surface area contributed by atoms with Gasteiger partial charge in [0, 0.05) is 35.6 Å². The lowest BCUT2D eigenvalue weighted by Gasteiger charge is -2.29. The number of benzene rings is 1. The molecule has 0 aliphatic rings. The van der Waals surface area contributed by atoms with Crippen LogP contribution in [0.1, 0.15) is 25.8 Å². The Bertz CT molecular complexity index is 398. The van der Waals surface area contributed by atoms with Crippen LogP contribution in [0.4, 0.5) is 5.69 Å². The Hall–Kier alpha value is -0.380. The van der Waals surface area contributed by atoms with Gasteiger partial charge < -0.3 is 10.6 Å². The van der Waals surface area contributed by atoms with Crippen molar-refractivity contribution >= 4 is 29.1 Å². The molecule has 0 amide bonds. The van der Waals surface area contributed by atoms with E-state index in [0.29, 0.717) is 6.04 Å². The average Bonchev–Trinajstić information content (AvgIpc) is 2.40. The first-order valence-corrected chi connectivity index (χ1v) is 8.53. The highest BCUT2D eigenvalue weighted by Gasteiger charge is 2.16. The number of nitrogens with zero attached hydrogens (tertiary/aromatic N) is 1. The first-order chi connectivity index (χ1) is 9.01. The monoisotopic (exact) mass is 300 g/mol. The lowest BCUT2D eigenvalue weighted by molar-refractivity contribution is 0.643. The van der Waals surface area contributed by atoms with Crippen molar-refractivity contribution in [3.8, 4) is 0 Å². The third-order valence-corrected chi connectivity index (χ3v) is 4.70. The summed E-state index contributed by atoms with van der Waals surface area (Å²) in [7, 11) is 2.13. The summed E-state index contributed by atoms with van der Waals surface area (Å²) >= 11 is 8.23. The maximum Gasteiger partial charge on any atom is 0.0459 e. The van der Waals surface area contributed by atoms with E-state index in [1.807, 2.05) is 23.9 Å². The fraction of sp³-hybridized carbons (Fsp3) is 0.600. The molecule has 108 valence electrons. The zero-order valence-corrected chi connectivity index (χ0v) is 13.9. The van der Waals surface area contributed by atoms with Gasteiger partial charge in [-0.3, -0.25) is 0 Å². The summed E-state index contributed by atoms with van der Waals surface area (Å²) in [5, 5.41) is 0.824. The zero-order valence-electron chi connectivity index (χ0n) is 12.3. The molecule has 0 aromatic heterocycles. The summed E-state index contributed by atoms with van der Waals surface area (Å²) in [5.74, 6) is 1.10. The van der Waals surface area contributed by atoms with Crippen molar-refractivity contribution in [3.63, 3.8) is 0 Å². The third-order valence-electron chi connectivity index (χ3n) is 3.53. The predicted octanol–water partition coefficient (Wildman–Crippen LogP) is 3.81. The molecule has 19 heavy (non-hydrogen) atoms. The van der Waals surface area contributed by atoms with Crippen molar-refractivity contribution in [2.24, 2.45) is 5.73 Å². The van der Waals surface area contributed by atoms with E-state index < -0.39 is 0 Å². The molecule has 2 N–H and O–H groups in total. The zero-order chi connectivity index (χ0) is 14.4. The lowest BCUT2D eigenvalue weighted by Crippen LogP contribution is -2.32. The molecule has 1 rings (SSSR count). The molecule has 0 heterocycles. The molecule has 0 fully saturated rings. The Morgan fingerprint density at radius 1 is 1.42 bits per heavy atom. The third kappa shape index (κ3) is 4.59. The van der Waals surface area contributed by atoms with E-state index in [-0.39, 0.29) is 6.04 Å². The number of hydrogen-bond acceptors (Lipinski definition) is 3. The average molecular weight is 301 g/mol. The van der Waals surface area contributed by atoms with E-state index in [4.69, 9.17) is 17.3 Å². The van der Waals surface area contributed by atoms with E-state index in [2.05, 4.69) is 38.1 Å². The molecule has 1 aromatic rings. The molecule has 2 unspecified atom stereocenters. The molecular formula is C15H25ClN2S. The van der Waals surface area contributed by atoms with Crippen LogP contribution >= 0.6 is 23.4 Å². The van der Waals surface area contributed by atoms with Crippen LogP contribution in [0.5, 0.6) is 0 Å². The smallest absolute Gasteiger partial charge is 0.0459 e. The van der Waals surface area contributed by atoms with Crippen LogP contribution in [0.2, 0.25) is 5.02 Å². The number of hydrogen-bond donors (Lipinski definition) is 1. The minimum atomic E-state index is 0.169. The fourth-order valence-corrected chi connectivity index (χ4v) is 3.03. The molecule has 1 aromatic carbocycles. The Morgan fingerprint density at radius 2 is 2.11 bits per heavy atom. The van der Waals surface area contributed by atoms with Gasteiger partial charge in [0.25, 0.3) is 0 Å². The number of halogens is 1. The van der Waals surface area contributed by atoms with Gasteiger partial charge in [-0.15, -0.1) is 0 Å². The van der Waals surface area contributed by atoms with Gasteiger partial charge in [0.2, 0.25) is 0 Å². The molecule has 2 atom stereocenters. The number of anilines is 1. The minimum Gasteiger partial charge on any atom is -0.371 e. The minimum absolute atomic E-state index is 0.169. The van der Waals surface area contributed by atoms with Gasteiger partial charge in [0.1, 0.15) is 0 Å². The molecule has 0 saturated carbocycles. The highest BCUT2D eigenvalue weighted by molar-refractivity contribution is 7.98. The van der Waals surface area contributed by atoms with Crippen molar-refractivity contribution in [1.82, 2.24) is 0 Å². The molecule has 0 radical (unpaired) electrons. The maximum absolute atomic E-state index is 6.37. The quantitative estimate of drug-likeness (QED) is 0.830. The summed E-state index contributed by atoms with van der Waals surface area (Å²) in [6.07, 6.45) is 3.94. The van der Waals surface area contributed by atoms with Gasteiger partial charge in [-0.25, -0.2) is 0 Å². The summed E-state index contributed by atoms with van der Waals surface area (Å²) in [6, 6.07) is 6.75. The van der Waals surface area contributed by atoms with E-state index in [0.717, 1.165) is 23.6 Å². The van der Waals surface area contributed by atoms with Gasteiger partial charge in [-0.2, -0.15) is 11.8 Å². The lowest BCUT2D eigenvalue weighted by atomic mass is 10.0. The van der Waals surface area contributed by atoms with Crippen LogP contribution in [-0.2, 0) is 6.42 Å². The van der Waals surface area contributed by atoms with Crippen molar-refractivity contribution in [2.45, 2.75) is 38.8 Å². The van der Waals surface area contributed by atoms with Crippen LogP contribution in [0, 0.1) is 0 Å². The Labute approximate surface area is 126 Å². The number of rotatable bonds is 7. The second kappa shape index (κ2) is 8.03. The standard InChI is InChI=1S/C15H25ClN2S/c1-5-12(17)9-13-14(16)7-6-8-15(13)18(3)11(2)10-19-4/h6-8,11-12H,5,9-10,17H2,1-4H3. The first kappa shape index (κ1) is 16.7. The molecule has 0 aliphatic heterocycles. The number of thioether (sulfide) groups is 1.